The number of hydrogen-bond donors (Lipinski definition) is 0. The highest BCUT2D eigenvalue weighted by Gasteiger charge is 2.38. The molecule has 2 aromatic carbocycles. The Labute approximate surface area is 162 Å². The van der Waals surface area contributed by atoms with E-state index in [1.165, 1.54) is 18.2 Å². The van der Waals surface area contributed by atoms with Crippen LogP contribution in [0.5, 0.6) is 0 Å². The van der Waals surface area contributed by atoms with Crippen LogP contribution in [-0.4, -0.2) is 40.6 Å². The van der Waals surface area contributed by atoms with Gasteiger partial charge in [0, 0.05) is 25.7 Å². The zero-order valence-electron chi connectivity index (χ0n) is 15.0. The van der Waals surface area contributed by atoms with Crippen LogP contribution in [0, 0.1) is 11.6 Å². The number of carbonyl (C=O) groups excluding carboxylic acids is 1. The van der Waals surface area contributed by atoms with Gasteiger partial charge in [-0.1, -0.05) is 24.3 Å². The summed E-state index contributed by atoms with van der Waals surface area (Å²) in [5, 5.41) is -0.0298. The first-order valence-electron chi connectivity index (χ1n) is 9.25. The number of thioether (sulfide) groups is 1. The number of piperidine rings is 1. The first-order valence-corrected chi connectivity index (χ1v) is 10.3. The van der Waals surface area contributed by atoms with Crippen LogP contribution >= 0.6 is 11.8 Å². The van der Waals surface area contributed by atoms with E-state index in [1.54, 1.807) is 36.0 Å². The third kappa shape index (κ3) is 4.17. The normalized spacial score (nSPS) is 21.8. The number of carbonyl (C=O) groups is 1. The lowest BCUT2D eigenvalue weighted by Crippen LogP contribution is -2.46. The van der Waals surface area contributed by atoms with Gasteiger partial charge in [-0.25, -0.2) is 8.78 Å². The molecule has 0 radical (unpaired) electrons. The molecule has 0 saturated carbocycles. The second kappa shape index (κ2) is 7.98. The Morgan fingerprint density at radius 3 is 2.44 bits per heavy atom. The Balaban J connectivity index is 1.40. The van der Waals surface area contributed by atoms with Crippen molar-refractivity contribution in [2.45, 2.75) is 30.8 Å². The van der Waals surface area contributed by atoms with Gasteiger partial charge < -0.3 is 4.90 Å². The van der Waals surface area contributed by atoms with Crippen molar-refractivity contribution in [3.05, 3.63) is 71.3 Å². The fraction of sp³-hybridized carbons (Fsp3) is 0.381. The van der Waals surface area contributed by atoms with Gasteiger partial charge in [-0.2, -0.15) is 0 Å². The molecular weight excluding hydrogens is 366 g/mol. The van der Waals surface area contributed by atoms with Gasteiger partial charge >= 0.3 is 0 Å². The SMILES string of the molecule is O=C1CSC(c2ccc(F)cc2)N1C1CCN(Cc2cccc(F)c2)CC1. The van der Waals surface area contributed by atoms with Gasteiger partial charge in [-0.15, -0.1) is 11.8 Å². The van der Waals surface area contributed by atoms with Crippen LogP contribution in [-0.2, 0) is 11.3 Å². The Hall–Kier alpha value is -1.92. The zero-order valence-corrected chi connectivity index (χ0v) is 15.8. The number of amides is 1. The highest BCUT2D eigenvalue weighted by atomic mass is 32.2. The minimum Gasteiger partial charge on any atom is -0.323 e. The van der Waals surface area contributed by atoms with Crippen molar-refractivity contribution in [3.8, 4) is 0 Å². The number of hydrogen-bond acceptors (Lipinski definition) is 3. The van der Waals surface area contributed by atoms with Crippen LogP contribution in [0.1, 0.15) is 29.3 Å². The maximum absolute atomic E-state index is 13.4. The molecule has 0 aliphatic carbocycles. The Bertz CT molecular complexity index is 806. The van der Waals surface area contributed by atoms with E-state index in [-0.39, 0.29) is 29.0 Å². The van der Waals surface area contributed by atoms with E-state index in [0.717, 1.165) is 43.6 Å². The Morgan fingerprint density at radius 1 is 1.00 bits per heavy atom. The molecule has 6 heteroatoms. The zero-order chi connectivity index (χ0) is 18.8. The molecule has 1 atom stereocenters. The van der Waals surface area contributed by atoms with Crippen LogP contribution in [0.25, 0.3) is 0 Å². The minimum absolute atomic E-state index is 0.0298. The summed E-state index contributed by atoms with van der Waals surface area (Å²) in [5.74, 6) is 0.179. The van der Waals surface area contributed by atoms with Crippen molar-refractivity contribution < 1.29 is 13.6 Å². The molecule has 1 amide bonds. The molecule has 27 heavy (non-hydrogen) atoms. The molecular formula is C21H22F2N2OS. The topological polar surface area (TPSA) is 23.6 Å². The highest BCUT2D eigenvalue weighted by molar-refractivity contribution is 8.00. The Morgan fingerprint density at radius 2 is 1.74 bits per heavy atom. The molecule has 2 aromatic rings. The molecule has 0 spiro atoms. The molecule has 4 rings (SSSR count). The molecule has 2 heterocycles. The molecule has 0 aromatic heterocycles. The van der Waals surface area contributed by atoms with E-state index in [2.05, 4.69) is 4.90 Å². The second-order valence-corrected chi connectivity index (χ2v) is 8.22. The van der Waals surface area contributed by atoms with Crippen molar-refractivity contribution in [1.29, 1.82) is 0 Å². The maximum Gasteiger partial charge on any atom is 0.234 e. The van der Waals surface area contributed by atoms with Crippen LogP contribution < -0.4 is 0 Å². The summed E-state index contributed by atoms with van der Waals surface area (Å²) in [6, 6.07) is 13.4. The van der Waals surface area contributed by atoms with E-state index in [1.807, 2.05) is 11.0 Å². The van der Waals surface area contributed by atoms with E-state index < -0.39 is 0 Å². The van der Waals surface area contributed by atoms with E-state index in [9.17, 15) is 13.6 Å². The lowest BCUT2D eigenvalue weighted by atomic mass is 10.0. The summed E-state index contributed by atoms with van der Waals surface area (Å²) < 4.78 is 26.6. The van der Waals surface area contributed by atoms with Crippen LogP contribution in [0.15, 0.2) is 48.5 Å². The lowest BCUT2D eigenvalue weighted by molar-refractivity contribution is -0.131. The predicted molar refractivity (Wildman–Crippen MR) is 103 cm³/mol. The molecule has 2 saturated heterocycles. The van der Waals surface area contributed by atoms with Crippen molar-refractivity contribution in [2.24, 2.45) is 0 Å². The van der Waals surface area contributed by atoms with Gasteiger partial charge in [0.25, 0.3) is 0 Å². The van der Waals surface area contributed by atoms with Gasteiger partial charge in [0.15, 0.2) is 0 Å². The van der Waals surface area contributed by atoms with Gasteiger partial charge in [0.1, 0.15) is 17.0 Å². The first kappa shape index (κ1) is 18.4. The number of rotatable bonds is 4. The summed E-state index contributed by atoms with van der Waals surface area (Å²) >= 11 is 1.61. The minimum atomic E-state index is -0.259. The molecule has 1 unspecified atom stereocenters. The Kier molecular flexibility index (Phi) is 5.45. The fourth-order valence-corrected chi connectivity index (χ4v) is 5.21. The van der Waals surface area contributed by atoms with Gasteiger partial charge in [0.2, 0.25) is 5.91 Å². The second-order valence-electron chi connectivity index (χ2n) is 7.15. The predicted octanol–water partition coefficient (Wildman–Crippen LogP) is 4.20. The van der Waals surface area contributed by atoms with E-state index in [4.69, 9.17) is 0 Å². The summed E-state index contributed by atoms with van der Waals surface area (Å²) in [5.41, 5.74) is 1.96. The molecule has 0 N–H and O–H groups in total. The standard InChI is InChI=1S/C21H22F2N2OS/c22-17-6-4-16(5-7-17)21-25(20(26)14-27-21)19-8-10-24(11-9-19)13-15-2-1-3-18(23)12-15/h1-7,12,19,21H,8-11,13-14H2. The highest BCUT2D eigenvalue weighted by Crippen LogP contribution is 2.41. The van der Waals surface area contributed by atoms with Crippen LogP contribution in [0.4, 0.5) is 8.78 Å². The first-order chi connectivity index (χ1) is 13.1. The summed E-state index contributed by atoms with van der Waals surface area (Å²) in [7, 11) is 0. The van der Waals surface area contributed by atoms with Gasteiger partial charge in [-0.05, 0) is 48.2 Å². The molecule has 2 aliphatic rings. The summed E-state index contributed by atoms with van der Waals surface area (Å²) in [4.78, 5) is 16.8. The van der Waals surface area contributed by atoms with Crippen molar-refractivity contribution in [2.75, 3.05) is 18.8 Å². The number of likely N-dealkylation sites (tertiary alicyclic amines) is 1. The average Bonchev–Trinajstić information content (AvgIpc) is 3.05. The monoisotopic (exact) mass is 388 g/mol. The third-order valence-electron chi connectivity index (χ3n) is 5.31. The molecule has 2 aliphatic heterocycles. The quantitative estimate of drug-likeness (QED) is 0.784. The molecule has 0 bridgehead atoms. The largest absolute Gasteiger partial charge is 0.323 e. The van der Waals surface area contributed by atoms with Crippen molar-refractivity contribution in [1.82, 2.24) is 9.80 Å². The van der Waals surface area contributed by atoms with Crippen molar-refractivity contribution in [3.63, 3.8) is 0 Å². The third-order valence-corrected chi connectivity index (χ3v) is 6.53. The lowest BCUT2D eigenvalue weighted by Gasteiger charge is -2.39. The number of halogens is 2. The van der Waals surface area contributed by atoms with E-state index in [0.29, 0.717) is 5.75 Å². The fourth-order valence-electron chi connectivity index (χ4n) is 3.96. The summed E-state index contributed by atoms with van der Waals surface area (Å²) in [6.07, 6.45) is 1.80. The average molecular weight is 388 g/mol. The van der Waals surface area contributed by atoms with E-state index >= 15 is 0 Å². The van der Waals surface area contributed by atoms with Gasteiger partial charge in [0.05, 0.1) is 5.75 Å². The van der Waals surface area contributed by atoms with Crippen molar-refractivity contribution >= 4 is 17.7 Å². The van der Waals surface area contributed by atoms with Gasteiger partial charge in [-0.3, -0.25) is 9.69 Å². The molecule has 142 valence electrons. The number of nitrogens with zero attached hydrogens (tertiary/aromatic N) is 2. The maximum atomic E-state index is 13.4. The number of benzene rings is 2. The molecule has 2 fully saturated rings. The summed E-state index contributed by atoms with van der Waals surface area (Å²) in [6.45, 7) is 2.49. The smallest absolute Gasteiger partial charge is 0.234 e. The molecule has 3 nitrogen and oxygen atoms in total. The van der Waals surface area contributed by atoms with Crippen LogP contribution in [0.3, 0.4) is 0 Å². The van der Waals surface area contributed by atoms with Crippen LogP contribution in [0.2, 0.25) is 0 Å².